The second kappa shape index (κ2) is 5.94. The molecule has 1 rings (SSSR count). The van der Waals surface area contributed by atoms with E-state index in [-0.39, 0.29) is 5.79 Å². The van der Waals surface area contributed by atoms with Gasteiger partial charge in [-0.25, -0.2) is 0 Å². The molecule has 0 bridgehead atoms. The standard InChI is InChI=1S/C7H12O2.4CH3.2Sb/c1-5-6(2)9-7(3,4)8-5;;;;;;/h5-6H,1-2H2,3-4H3;4*1H3;;/t5-,6-;;;;;;/m1....../s1. The average Bonchev–Trinajstić information content (AvgIpc) is 2.22. The van der Waals surface area contributed by atoms with Crippen LogP contribution in [0.2, 0.25) is 28.2 Å². The molecule has 90 valence electrons. The molecule has 1 aliphatic rings. The van der Waals surface area contributed by atoms with Gasteiger partial charge in [0.25, 0.3) is 0 Å². The van der Waals surface area contributed by atoms with Gasteiger partial charge in [-0.1, -0.05) is 0 Å². The zero-order valence-electron chi connectivity index (χ0n) is 10.8. The number of ether oxygens (including phenoxy) is 2. The molecule has 1 aliphatic heterocycles. The van der Waals surface area contributed by atoms with E-state index in [0.29, 0.717) is 12.2 Å². The van der Waals surface area contributed by atoms with Crippen molar-refractivity contribution in [1.82, 2.24) is 0 Å². The molecule has 0 aromatic rings. The average molecular weight is 432 g/mol. The zero-order valence-corrected chi connectivity index (χ0v) is 15.9. The Morgan fingerprint density at radius 3 is 1.47 bits per heavy atom. The maximum absolute atomic E-state index is 6.03. The van der Waals surface area contributed by atoms with E-state index >= 15 is 0 Å². The fourth-order valence-corrected chi connectivity index (χ4v) is 7.81. The first kappa shape index (κ1) is 14.6. The van der Waals surface area contributed by atoms with E-state index in [1.807, 2.05) is 0 Å². The molecule has 0 unspecified atom stereocenters. The summed E-state index contributed by atoms with van der Waals surface area (Å²) >= 11 is -1.89. The Bertz CT molecular complexity index is 185. The quantitative estimate of drug-likeness (QED) is 0.637. The van der Waals surface area contributed by atoms with Gasteiger partial charge >= 0.3 is 110 Å². The summed E-state index contributed by atoms with van der Waals surface area (Å²) < 4.78 is 14.7. The van der Waals surface area contributed by atoms with Gasteiger partial charge in [-0.15, -0.1) is 0 Å². The summed E-state index contributed by atoms with van der Waals surface area (Å²) in [6.45, 7) is 4.11. The predicted molar refractivity (Wildman–Crippen MR) is 68.4 cm³/mol. The summed E-state index contributed by atoms with van der Waals surface area (Å²) in [4.78, 5) is 9.74. The molecule has 0 radical (unpaired) electrons. The zero-order chi connectivity index (χ0) is 11.6. The predicted octanol–water partition coefficient (Wildman–Crippen LogP) is 3.02. The molecule has 0 spiro atoms. The summed E-state index contributed by atoms with van der Waals surface area (Å²) in [5.74, 6) is -0.331. The topological polar surface area (TPSA) is 18.5 Å². The summed E-state index contributed by atoms with van der Waals surface area (Å²) in [7, 11) is 0. The Hall–Kier alpha value is 1.56. The van der Waals surface area contributed by atoms with E-state index < -0.39 is 40.4 Å². The van der Waals surface area contributed by atoms with Gasteiger partial charge in [0.2, 0.25) is 0 Å². The monoisotopic (exact) mass is 430 g/mol. The van der Waals surface area contributed by atoms with Crippen molar-refractivity contribution in [3.05, 3.63) is 0 Å². The Morgan fingerprint density at radius 2 is 1.20 bits per heavy atom. The molecule has 0 N–H and O–H groups in total. The molecule has 2 nitrogen and oxygen atoms in total. The van der Waals surface area contributed by atoms with Crippen LogP contribution in [0.4, 0.5) is 0 Å². The van der Waals surface area contributed by atoms with Crippen LogP contribution in [0, 0.1) is 0 Å². The van der Waals surface area contributed by atoms with Crippen LogP contribution in [-0.2, 0) is 9.47 Å². The van der Waals surface area contributed by atoms with E-state index in [0.717, 1.165) is 0 Å². The van der Waals surface area contributed by atoms with Crippen LogP contribution >= 0.6 is 0 Å². The van der Waals surface area contributed by atoms with Crippen LogP contribution in [0.1, 0.15) is 13.8 Å². The fourth-order valence-electron chi connectivity index (χ4n) is 1.94. The Morgan fingerprint density at radius 1 is 0.867 bits per heavy atom. The summed E-state index contributed by atoms with van der Waals surface area (Å²) in [5.41, 5.74) is 0. The maximum atomic E-state index is 6.03. The fraction of sp³-hybridized carbons (Fsp3) is 1.00. The molecule has 0 aliphatic carbocycles. The number of hydrogen-bond acceptors (Lipinski definition) is 2. The minimum absolute atomic E-state index is 0.331. The Kier molecular flexibility index (Phi) is 5.79. The molecule has 15 heavy (non-hydrogen) atoms. The normalized spacial score (nSPS) is 30.4. The van der Waals surface area contributed by atoms with Crippen LogP contribution in [0.15, 0.2) is 0 Å². The van der Waals surface area contributed by atoms with E-state index in [9.17, 15) is 0 Å². The van der Waals surface area contributed by atoms with Gasteiger partial charge in [0, 0.05) is 0 Å². The molecule has 4 heteroatoms. The van der Waals surface area contributed by atoms with Crippen molar-refractivity contribution in [2.24, 2.45) is 0 Å². The van der Waals surface area contributed by atoms with Gasteiger partial charge in [-0.2, -0.15) is 0 Å². The number of rotatable bonds is 4. The second-order valence-corrected chi connectivity index (χ2v) is 19.6. The van der Waals surface area contributed by atoms with Crippen molar-refractivity contribution < 1.29 is 9.47 Å². The Labute approximate surface area is 109 Å². The molecular formula is C11H24O2Sb2. The third-order valence-corrected chi connectivity index (χ3v) is 8.60. The third kappa shape index (κ3) is 5.15. The molecule has 0 aromatic heterocycles. The minimum atomic E-state index is -0.946. The van der Waals surface area contributed by atoms with Crippen molar-refractivity contribution in [3.63, 3.8) is 0 Å². The van der Waals surface area contributed by atoms with E-state index in [2.05, 4.69) is 33.3 Å². The van der Waals surface area contributed by atoms with E-state index in [4.69, 9.17) is 9.47 Å². The van der Waals surface area contributed by atoms with Gasteiger partial charge in [-0.05, 0) is 0 Å². The second-order valence-electron chi connectivity index (χ2n) is 5.24. The van der Waals surface area contributed by atoms with Crippen molar-refractivity contribution in [2.45, 2.75) is 60.1 Å². The van der Waals surface area contributed by atoms with Gasteiger partial charge in [0.05, 0.1) is 0 Å². The van der Waals surface area contributed by atoms with E-state index in [1.54, 1.807) is 0 Å². The SMILES string of the molecule is [CH3][Sb]([CH3])[CH2][C@H]1OC(C)(C)O[C@@H]1[CH2][Sb]([CH3])[CH3]. The Balaban J connectivity index is 2.57. The first-order valence-electron chi connectivity index (χ1n) is 5.45. The molecule has 1 saturated heterocycles. The van der Waals surface area contributed by atoms with Crippen LogP contribution in [-0.4, -0.2) is 58.4 Å². The van der Waals surface area contributed by atoms with Gasteiger partial charge in [0.15, 0.2) is 0 Å². The van der Waals surface area contributed by atoms with Crippen LogP contribution in [0.3, 0.4) is 0 Å². The van der Waals surface area contributed by atoms with Crippen molar-refractivity contribution >= 4 is 40.4 Å². The van der Waals surface area contributed by atoms with Crippen LogP contribution < -0.4 is 0 Å². The molecule has 0 amide bonds. The van der Waals surface area contributed by atoms with Crippen molar-refractivity contribution in [1.29, 1.82) is 0 Å². The molecular weight excluding hydrogens is 408 g/mol. The molecule has 0 saturated carbocycles. The van der Waals surface area contributed by atoms with Gasteiger partial charge in [0.1, 0.15) is 0 Å². The van der Waals surface area contributed by atoms with Gasteiger partial charge < -0.3 is 0 Å². The number of hydrogen-bond donors (Lipinski definition) is 0. The van der Waals surface area contributed by atoms with Gasteiger partial charge in [-0.3, -0.25) is 0 Å². The third-order valence-electron chi connectivity index (χ3n) is 2.38. The summed E-state index contributed by atoms with van der Waals surface area (Å²) in [6, 6.07) is 0. The first-order valence-corrected chi connectivity index (χ1v) is 19.3. The van der Waals surface area contributed by atoms with E-state index in [1.165, 1.54) is 8.73 Å². The van der Waals surface area contributed by atoms with Crippen molar-refractivity contribution in [3.8, 4) is 0 Å². The molecule has 1 fully saturated rings. The summed E-state index contributed by atoms with van der Waals surface area (Å²) in [5, 5.41) is 0. The van der Waals surface area contributed by atoms with Crippen LogP contribution in [0.25, 0.3) is 0 Å². The molecule has 2 atom stereocenters. The molecule has 0 aromatic carbocycles. The molecule has 1 heterocycles. The first-order chi connectivity index (χ1) is 6.80. The summed E-state index contributed by atoms with van der Waals surface area (Å²) in [6.07, 6.45) is 0.815. The van der Waals surface area contributed by atoms with Crippen LogP contribution in [0.5, 0.6) is 0 Å². The van der Waals surface area contributed by atoms with Crippen molar-refractivity contribution in [2.75, 3.05) is 0 Å².